The third-order valence-corrected chi connectivity index (χ3v) is 2.70. The van der Waals surface area contributed by atoms with E-state index < -0.39 is 0 Å². The van der Waals surface area contributed by atoms with Gasteiger partial charge in [0, 0.05) is 22.9 Å². The van der Waals surface area contributed by atoms with Gasteiger partial charge in [-0.15, -0.1) is 0 Å². The van der Waals surface area contributed by atoms with E-state index >= 15 is 0 Å². The number of hydrogen-bond acceptors (Lipinski definition) is 3. The SMILES string of the molecule is CCCCOc1ccnc2cc(Br)cnc12. The molecule has 2 aromatic rings. The number of ether oxygens (including phenoxy) is 1. The zero-order valence-corrected chi connectivity index (χ0v) is 10.7. The van der Waals surface area contributed by atoms with E-state index in [-0.39, 0.29) is 0 Å². The number of aromatic nitrogens is 2. The topological polar surface area (TPSA) is 35.0 Å². The maximum absolute atomic E-state index is 5.68. The fourth-order valence-electron chi connectivity index (χ4n) is 1.42. The predicted octanol–water partition coefficient (Wildman–Crippen LogP) is 3.57. The lowest BCUT2D eigenvalue weighted by atomic mass is 10.3. The van der Waals surface area contributed by atoms with Crippen LogP contribution >= 0.6 is 15.9 Å². The molecule has 0 N–H and O–H groups in total. The van der Waals surface area contributed by atoms with E-state index in [2.05, 4.69) is 32.8 Å². The summed E-state index contributed by atoms with van der Waals surface area (Å²) in [6.45, 7) is 2.87. The average molecular weight is 281 g/mol. The Morgan fingerprint density at radius 2 is 2.25 bits per heavy atom. The molecule has 0 radical (unpaired) electrons. The molecule has 0 spiro atoms. The van der Waals surface area contributed by atoms with E-state index in [1.807, 2.05) is 12.1 Å². The lowest BCUT2D eigenvalue weighted by Gasteiger charge is -2.07. The highest BCUT2D eigenvalue weighted by atomic mass is 79.9. The van der Waals surface area contributed by atoms with Gasteiger partial charge < -0.3 is 4.74 Å². The number of halogens is 1. The maximum atomic E-state index is 5.68. The quantitative estimate of drug-likeness (QED) is 0.803. The molecule has 84 valence electrons. The smallest absolute Gasteiger partial charge is 0.148 e. The van der Waals surface area contributed by atoms with Crippen molar-refractivity contribution in [3.8, 4) is 5.75 Å². The van der Waals surface area contributed by atoms with Crippen LogP contribution in [0.25, 0.3) is 11.0 Å². The molecule has 0 amide bonds. The molecule has 0 aliphatic rings. The van der Waals surface area contributed by atoms with E-state index in [4.69, 9.17) is 4.74 Å². The Morgan fingerprint density at radius 3 is 3.06 bits per heavy atom. The molecular weight excluding hydrogens is 268 g/mol. The molecule has 0 aliphatic heterocycles. The summed E-state index contributed by atoms with van der Waals surface area (Å²) >= 11 is 3.38. The number of pyridine rings is 2. The monoisotopic (exact) mass is 280 g/mol. The zero-order chi connectivity index (χ0) is 11.4. The molecule has 2 rings (SSSR count). The number of fused-ring (bicyclic) bond motifs is 1. The number of rotatable bonds is 4. The highest BCUT2D eigenvalue weighted by molar-refractivity contribution is 9.10. The van der Waals surface area contributed by atoms with Crippen LogP contribution in [-0.2, 0) is 0 Å². The molecule has 0 saturated heterocycles. The van der Waals surface area contributed by atoms with Gasteiger partial charge in [-0.25, -0.2) is 4.98 Å². The number of unbranched alkanes of at least 4 members (excludes halogenated alkanes) is 1. The minimum absolute atomic E-state index is 0.730. The molecule has 0 aliphatic carbocycles. The lowest BCUT2D eigenvalue weighted by molar-refractivity contribution is 0.312. The summed E-state index contributed by atoms with van der Waals surface area (Å²) in [6.07, 6.45) is 5.69. The molecule has 3 nitrogen and oxygen atoms in total. The molecule has 2 aromatic heterocycles. The van der Waals surface area contributed by atoms with Crippen molar-refractivity contribution in [1.82, 2.24) is 9.97 Å². The molecule has 4 heteroatoms. The highest BCUT2D eigenvalue weighted by Gasteiger charge is 2.04. The Hall–Kier alpha value is -1.16. The first-order valence-corrected chi connectivity index (χ1v) is 6.13. The Labute approximate surface area is 103 Å². The third kappa shape index (κ3) is 2.50. The number of nitrogens with zero attached hydrogens (tertiary/aromatic N) is 2. The molecule has 0 bridgehead atoms. The molecule has 0 aromatic carbocycles. The van der Waals surface area contributed by atoms with Gasteiger partial charge in [-0.2, -0.15) is 0 Å². The van der Waals surface area contributed by atoms with E-state index in [0.29, 0.717) is 0 Å². The van der Waals surface area contributed by atoms with Crippen molar-refractivity contribution in [2.24, 2.45) is 0 Å². The summed E-state index contributed by atoms with van der Waals surface area (Å²) in [7, 11) is 0. The zero-order valence-electron chi connectivity index (χ0n) is 9.11. The Morgan fingerprint density at radius 1 is 1.38 bits per heavy atom. The molecule has 0 fully saturated rings. The maximum Gasteiger partial charge on any atom is 0.148 e. The Bertz CT molecular complexity index is 487. The molecule has 16 heavy (non-hydrogen) atoms. The van der Waals surface area contributed by atoms with Gasteiger partial charge in [0.05, 0.1) is 12.1 Å². The second-order valence-electron chi connectivity index (χ2n) is 3.53. The van der Waals surface area contributed by atoms with Crippen molar-refractivity contribution in [2.75, 3.05) is 6.61 Å². The van der Waals surface area contributed by atoms with Crippen LogP contribution in [0.5, 0.6) is 5.75 Å². The summed E-state index contributed by atoms with van der Waals surface area (Å²) in [6, 6.07) is 3.80. The standard InChI is InChI=1S/C12H13BrN2O/c1-2-3-6-16-11-4-5-14-10-7-9(13)8-15-12(10)11/h4-5,7-8H,2-3,6H2,1H3. The van der Waals surface area contributed by atoms with Crippen LogP contribution in [0.2, 0.25) is 0 Å². The van der Waals surface area contributed by atoms with Crippen LogP contribution in [0.4, 0.5) is 0 Å². The van der Waals surface area contributed by atoms with E-state index in [1.165, 1.54) is 0 Å². The van der Waals surface area contributed by atoms with E-state index in [0.717, 1.165) is 40.7 Å². The minimum Gasteiger partial charge on any atom is -0.491 e. The second-order valence-corrected chi connectivity index (χ2v) is 4.45. The van der Waals surface area contributed by atoms with Crippen molar-refractivity contribution in [3.63, 3.8) is 0 Å². The van der Waals surface area contributed by atoms with Gasteiger partial charge in [-0.05, 0) is 28.4 Å². The van der Waals surface area contributed by atoms with Crippen molar-refractivity contribution >= 4 is 27.0 Å². The van der Waals surface area contributed by atoms with Gasteiger partial charge in [0.25, 0.3) is 0 Å². The van der Waals surface area contributed by atoms with Crippen LogP contribution in [0.1, 0.15) is 19.8 Å². The van der Waals surface area contributed by atoms with E-state index in [9.17, 15) is 0 Å². The molecule has 0 atom stereocenters. The number of hydrogen-bond donors (Lipinski definition) is 0. The summed E-state index contributed by atoms with van der Waals surface area (Å²) in [5.41, 5.74) is 1.67. The summed E-state index contributed by atoms with van der Waals surface area (Å²) < 4.78 is 6.61. The van der Waals surface area contributed by atoms with Crippen LogP contribution in [0, 0.1) is 0 Å². The first-order valence-electron chi connectivity index (χ1n) is 5.34. The van der Waals surface area contributed by atoms with Gasteiger partial charge in [-0.3, -0.25) is 4.98 Å². The summed E-state index contributed by atoms with van der Waals surface area (Å²) in [5, 5.41) is 0. The third-order valence-electron chi connectivity index (χ3n) is 2.26. The lowest BCUT2D eigenvalue weighted by Crippen LogP contribution is -1.98. The first-order chi connectivity index (χ1) is 7.81. The van der Waals surface area contributed by atoms with Crippen LogP contribution < -0.4 is 4.74 Å². The highest BCUT2D eigenvalue weighted by Crippen LogP contribution is 2.23. The largest absolute Gasteiger partial charge is 0.491 e. The van der Waals surface area contributed by atoms with Gasteiger partial charge in [0.2, 0.25) is 0 Å². The van der Waals surface area contributed by atoms with Crippen molar-refractivity contribution < 1.29 is 4.74 Å². The minimum atomic E-state index is 0.730. The molecule has 0 unspecified atom stereocenters. The van der Waals surface area contributed by atoms with E-state index in [1.54, 1.807) is 12.4 Å². The Balaban J connectivity index is 2.30. The van der Waals surface area contributed by atoms with Crippen LogP contribution in [0.3, 0.4) is 0 Å². The van der Waals surface area contributed by atoms with Crippen molar-refractivity contribution in [1.29, 1.82) is 0 Å². The van der Waals surface area contributed by atoms with Gasteiger partial charge >= 0.3 is 0 Å². The molecular formula is C12H13BrN2O. The fraction of sp³-hybridized carbons (Fsp3) is 0.333. The average Bonchev–Trinajstić information content (AvgIpc) is 2.29. The van der Waals surface area contributed by atoms with Crippen molar-refractivity contribution in [2.45, 2.75) is 19.8 Å². The summed E-state index contributed by atoms with van der Waals surface area (Å²) in [5.74, 6) is 0.811. The summed E-state index contributed by atoms with van der Waals surface area (Å²) in [4.78, 5) is 8.58. The van der Waals surface area contributed by atoms with Crippen LogP contribution in [0.15, 0.2) is 29.0 Å². The van der Waals surface area contributed by atoms with Crippen molar-refractivity contribution in [3.05, 3.63) is 29.0 Å². The van der Waals surface area contributed by atoms with Gasteiger partial charge in [0.1, 0.15) is 11.3 Å². The second kappa shape index (κ2) is 5.25. The predicted molar refractivity (Wildman–Crippen MR) is 67.6 cm³/mol. The molecule has 0 saturated carbocycles. The van der Waals surface area contributed by atoms with Gasteiger partial charge in [-0.1, -0.05) is 13.3 Å². The molecule has 2 heterocycles. The Kier molecular flexibility index (Phi) is 3.72. The fourth-order valence-corrected chi connectivity index (χ4v) is 1.74. The first kappa shape index (κ1) is 11.3. The van der Waals surface area contributed by atoms with Gasteiger partial charge in [0.15, 0.2) is 0 Å². The van der Waals surface area contributed by atoms with Crippen LogP contribution in [-0.4, -0.2) is 16.6 Å². The normalized spacial score (nSPS) is 10.6.